The average Bonchev–Trinajstić information content (AvgIpc) is 3.26. The molecule has 1 aromatic heterocycles. The maximum atomic E-state index is 12.6. The fourth-order valence-corrected chi connectivity index (χ4v) is 3.98. The molecule has 1 N–H and O–H groups in total. The van der Waals surface area contributed by atoms with Crippen LogP contribution in [-0.4, -0.2) is 44.1 Å². The Morgan fingerprint density at radius 1 is 0.848 bits per heavy atom. The molecule has 0 saturated carbocycles. The number of methoxy groups -OCH3 is 1. The maximum Gasteiger partial charge on any atom is 0.341 e. The first-order valence-electron chi connectivity index (χ1n) is 9.94. The molecule has 0 fully saturated rings. The van der Waals surface area contributed by atoms with Crippen LogP contribution in [0.4, 0.5) is 5.00 Å². The normalized spacial score (nSPS) is 10.2. The number of esters is 3. The molecular weight excluding hydrogens is 446 g/mol. The predicted molar refractivity (Wildman–Crippen MR) is 122 cm³/mol. The SMILES string of the molecule is CCOC(=O)c1c(-c2ccccc2)csc1NC(=O)COC(=O)c1ccccc1C(=O)OC. The van der Waals surface area contributed by atoms with E-state index in [-0.39, 0.29) is 28.3 Å². The van der Waals surface area contributed by atoms with Gasteiger partial charge in [-0.1, -0.05) is 42.5 Å². The van der Waals surface area contributed by atoms with E-state index in [2.05, 4.69) is 10.1 Å². The van der Waals surface area contributed by atoms with Crippen molar-refractivity contribution in [2.24, 2.45) is 0 Å². The Kier molecular flexibility index (Phi) is 7.93. The van der Waals surface area contributed by atoms with E-state index >= 15 is 0 Å². The van der Waals surface area contributed by atoms with Crippen molar-refractivity contribution in [1.29, 1.82) is 0 Å². The van der Waals surface area contributed by atoms with Gasteiger partial charge in [0.25, 0.3) is 5.91 Å². The number of amides is 1. The molecule has 0 aliphatic heterocycles. The Bertz CT molecular complexity index is 1170. The summed E-state index contributed by atoms with van der Waals surface area (Å²) in [5.41, 5.74) is 1.65. The van der Waals surface area contributed by atoms with Crippen LogP contribution in [0.25, 0.3) is 11.1 Å². The molecule has 0 spiro atoms. The quantitative estimate of drug-likeness (QED) is 0.391. The van der Waals surface area contributed by atoms with Gasteiger partial charge in [0.1, 0.15) is 10.6 Å². The zero-order valence-corrected chi connectivity index (χ0v) is 18.8. The number of rotatable bonds is 8. The van der Waals surface area contributed by atoms with Crippen LogP contribution in [0.3, 0.4) is 0 Å². The van der Waals surface area contributed by atoms with Gasteiger partial charge >= 0.3 is 17.9 Å². The van der Waals surface area contributed by atoms with Crippen LogP contribution in [0.15, 0.2) is 60.0 Å². The summed E-state index contributed by atoms with van der Waals surface area (Å²) in [6, 6.07) is 15.2. The van der Waals surface area contributed by atoms with E-state index in [0.717, 1.165) is 16.9 Å². The summed E-state index contributed by atoms with van der Waals surface area (Å²) in [5.74, 6) is -2.77. The van der Waals surface area contributed by atoms with Crippen LogP contribution in [0.2, 0.25) is 0 Å². The van der Waals surface area contributed by atoms with E-state index in [9.17, 15) is 19.2 Å². The van der Waals surface area contributed by atoms with Gasteiger partial charge < -0.3 is 19.5 Å². The summed E-state index contributed by atoms with van der Waals surface area (Å²) < 4.78 is 14.9. The van der Waals surface area contributed by atoms with Crippen LogP contribution < -0.4 is 5.32 Å². The molecule has 1 amide bonds. The van der Waals surface area contributed by atoms with Gasteiger partial charge in [-0.25, -0.2) is 14.4 Å². The number of nitrogens with one attached hydrogen (secondary N) is 1. The molecule has 9 heteroatoms. The zero-order valence-electron chi connectivity index (χ0n) is 18.0. The third-order valence-electron chi connectivity index (χ3n) is 4.49. The van der Waals surface area contributed by atoms with Gasteiger partial charge in [0.05, 0.1) is 24.8 Å². The highest BCUT2D eigenvalue weighted by atomic mass is 32.1. The second kappa shape index (κ2) is 11.1. The smallest absolute Gasteiger partial charge is 0.341 e. The summed E-state index contributed by atoms with van der Waals surface area (Å²) in [6.45, 7) is 1.25. The molecule has 0 aliphatic carbocycles. The van der Waals surface area contributed by atoms with Gasteiger partial charge in [0.15, 0.2) is 6.61 Å². The third kappa shape index (κ3) is 5.64. The van der Waals surface area contributed by atoms with Crippen molar-refractivity contribution >= 4 is 40.2 Å². The van der Waals surface area contributed by atoms with Crippen molar-refractivity contribution in [3.8, 4) is 11.1 Å². The number of benzene rings is 2. The largest absolute Gasteiger partial charge is 0.465 e. The summed E-state index contributed by atoms with van der Waals surface area (Å²) in [7, 11) is 1.20. The molecule has 0 radical (unpaired) electrons. The lowest BCUT2D eigenvalue weighted by molar-refractivity contribution is -0.119. The van der Waals surface area contributed by atoms with Gasteiger partial charge in [-0.2, -0.15) is 0 Å². The fraction of sp³-hybridized carbons (Fsp3) is 0.167. The predicted octanol–water partition coefficient (Wildman–Crippen LogP) is 4.17. The standard InChI is InChI=1S/C24H21NO7S/c1-3-31-24(29)20-18(15-9-5-4-6-10-15)14-33-21(20)25-19(26)13-32-23(28)17-12-8-7-11-16(17)22(27)30-2/h4-12,14H,3,13H2,1-2H3,(H,25,26). The third-order valence-corrected chi connectivity index (χ3v) is 5.39. The second-order valence-electron chi connectivity index (χ2n) is 6.60. The highest BCUT2D eigenvalue weighted by Crippen LogP contribution is 2.36. The minimum absolute atomic E-state index is 0.0214. The van der Waals surface area contributed by atoms with E-state index in [1.165, 1.54) is 19.2 Å². The number of hydrogen-bond donors (Lipinski definition) is 1. The zero-order chi connectivity index (χ0) is 23.8. The minimum atomic E-state index is -0.854. The Hall–Kier alpha value is -3.98. The molecule has 0 atom stereocenters. The first-order chi connectivity index (χ1) is 16.0. The maximum absolute atomic E-state index is 12.6. The van der Waals surface area contributed by atoms with Gasteiger partial charge in [-0.3, -0.25) is 4.79 Å². The van der Waals surface area contributed by atoms with E-state index in [4.69, 9.17) is 9.47 Å². The Morgan fingerprint density at radius 2 is 1.48 bits per heavy atom. The lowest BCUT2D eigenvalue weighted by Crippen LogP contribution is -2.22. The van der Waals surface area contributed by atoms with Gasteiger partial charge in [0, 0.05) is 10.9 Å². The Balaban J connectivity index is 1.75. The molecule has 33 heavy (non-hydrogen) atoms. The molecule has 0 saturated heterocycles. The van der Waals surface area contributed by atoms with Crippen molar-refractivity contribution in [2.75, 3.05) is 25.6 Å². The summed E-state index contributed by atoms with van der Waals surface area (Å²) in [5, 5.41) is 4.63. The molecule has 0 unspecified atom stereocenters. The summed E-state index contributed by atoms with van der Waals surface area (Å²) >= 11 is 1.16. The van der Waals surface area contributed by atoms with Crippen molar-refractivity contribution in [3.63, 3.8) is 0 Å². The van der Waals surface area contributed by atoms with E-state index in [1.807, 2.05) is 30.3 Å². The van der Waals surface area contributed by atoms with Crippen LogP contribution >= 0.6 is 11.3 Å². The number of carbonyl (C=O) groups excluding carboxylic acids is 4. The van der Waals surface area contributed by atoms with Crippen molar-refractivity contribution < 1.29 is 33.4 Å². The van der Waals surface area contributed by atoms with Crippen molar-refractivity contribution in [2.45, 2.75) is 6.92 Å². The molecule has 8 nitrogen and oxygen atoms in total. The minimum Gasteiger partial charge on any atom is -0.465 e. The summed E-state index contributed by atoms with van der Waals surface area (Å²) in [4.78, 5) is 49.3. The summed E-state index contributed by atoms with van der Waals surface area (Å²) in [6.07, 6.45) is 0. The van der Waals surface area contributed by atoms with Crippen molar-refractivity contribution in [3.05, 3.63) is 76.7 Å². The lowest BCUT2D eigenvalue weighted by Gasteiger charge is -2.10. The first kappa shape index (κ1) is 23.7. The van der Waals surface area contributed by atoms with E-state index in [0.29, 0.717) is 5.56 Å². The number of anilines is 1. The second-order valence-corrected chi connectivity index (χ2v) is 7.48. The number of ether oxygens (including phenoxy) is 3. The van der Waals surface area contributed by atoms with E-state index in [1.54, 1.807) is 24.4 Å². The van der Waals surface area contributed by atoms with Crippen LogP contribution in [0.1, 0.15) is 38.0 Å². The molecule has 0 aliphatic rings. The number of carbonyl (C=O) groups is 4. The molecular formula is C24H21NO7S. The van der Waals surface area contributed by atoms with Gasteiger partial charge in [-0.05, 0) is 24.6 Å². The van der Waals surface area contributed by atoms with Crippen molar-refractivity contribution in [1.82, 2.24) is 0 Å². The highest BCUT2D eigenvalue weighted by molar-refractivity contribution is 7.15. The average molecular weight is 467 g/mol. The van der Waals surface area contributed by atoms with E-state index < -0.39 is 30.4 Å². The van der Waals surface area contributed by atoms with Crippen LogP contribution in [0.5, 0.6) is 0 Å². The number of hydrogen-bond acceptors (Lipinski definition) is 8. The highest BCUT2D eigenvalue weighted by Gasteiger charge is 2.24. The molecule has 0 bridgehead atoms. The van der Waals surface area contributed by atoms with Crippen LogP contribution in [0, 0.1) is 0 Å². The lowest BCUT2D eigenvalue weighted by atomic mass is 10.0. The van der Waals surface area contributed by atoms with Gasteiger partial charge in [-0.15, -0.1) is 11.3 Å². The molecule has 3 rings (SSSR count). The Labute approximate surface area is 194 Å². The first-order valence-corrected chi connectivity index (χ1v) is 10.8. The topological polar surface area (TPSA) is 108 Å². The molecule has 3 aromatic rings. The van der Waals surface area contributed by atoms with Gasteiger partial charge in [0.2, 0.25) is 0 Å². The number of thiophene rings is 1. The Morgan fingerprint density at radius 3 is 2.12 bits per heavy atom. The van der Waals surface area contributed by atoms with Crippen LogP contribution in [-0.2, 0) is 19.0 Å². The fourth-order valence-electron chi connectivity index (χ4n) is 3.01. The molecule has 2 aromatic carbocycles. The molecule has 170 valence electrons. The monoisotopic (exact) mass is 467 g/mol. The molecule has 1 heterocycles.